The average Bonchev–Trinajstić information content (AvgIpc) is 2.29. The number of nitrogens with two attached hydrogens (primary N) is 1. The summed E-state index contributed by atoms with van der Waals surface area (Å²) >= 11 is 0. The Morgan fingerprint density at radius 1 is 1.58 bits per heavy atom. The Labute approximate surface area is 71.9 Å². The maximum atomic E-state index is 10.5. The molecule has 0 aliphatic heterocycles. The lowest BCUT2D eigenvalue weighted by Gasteiger charge is -2.49. The van der Waals surface area contributed by atoms with Crippen molar-refractivity contribution < 1.29 is 9.90 Å². The van der Waals surface area contributed by atoms with Crippen molar-refractivity contribution in [2.75, 3.05) is 0 Å². The van der Waals surface area contributed by atoms with Crippen LogP contribution in [0.1, 0.15) is 32.1 Å². The van der Waals surface area contributed by atoms with Crippen LogP contribution in [-0.4, -0.2) is 16.6 Å². The van der Waals surface area contributed by atoms with E-state index in [2.05, 4.69) is 0 Å². The first-order valence-corrected chi connectivity index (χ1v) is 4.62. The molecule has 0 spiro atoms. The van der Waals surface area contributed by atoms with Crippen molar-refractivity contribution in [2.45, 2.75) is 37.6 Å². The largest absolute Gasteiger partial charge is 0.481 e. The van der Waals surface area contributed by atoms with Crippen molar-refractivity contribution in [3.05, 3.63) is 0 Å². The second-order valence-electron chi connectivity index (χ2n) is 4.31. The Morgan fingerprint density at radius 3 is 2.92 bits per heavy atom. The summed E-state index contributed by atoms with van der Waals surface area (Å²) < 4.78 is 0. The van der Waals surface area contributed by atoms with Crippen LogP contribution in [0.15, 0.2) is 0 Å². The molecule has 3 N–H and O–H groups in total. The molecule has 0 radical (unpaired) electrons. The maximum absolute atomic E-state index is 10.5. The quantitative estimate of drug-likeness (QED) is 0.647. The lowest BCUT2D eigenvalue weighted by atomic mass is 9.60. The second kappa shape index (κ2) is 2.46. The van der Waals surface area contributed by atoms with Gasteiger partial charge >= 0.3 is 5.97 Å². The molecular formula is C9H15NO2. The van der Waals surface area contributed by atoms with Crippen molar-refractivity contribution >= 4 is 5.97 Å². The van der Waals surface area contributed by atoms with Crippen LogP contribution in [0.2, 0.25) is 0 Å². The van der Waals surface area contributed by atoms with Gasteiger partial charge in [-0.1, -0.05) is 12.8 Å². The molecule has 1 unspecified atom stereocenters. The lowest BCUT2D eigenvalue weighted by molar-refractivity contribution is -0.141. The van der Waals surface area contributed by atoms with Gasteiger partial charge in [-0.05, 0) is 24.7 Å². The standard InChI is InChI=1S/C9H15NO2/c10-9(5-8(11)12)4-6-2-1-3-7(6)9/h6-7H,1-5,10H2,(H,11,12)/t6-,7-,9?/m1/s1. The van der Waals surface area contributed by atoms with Gasteiger partial charge in [-0.3, -0.25) is 4.79 Å². The first-order valence-electron chi connectivity index (χ1n) is 4.62. The molecule has 0 heterocycles. The van der Waals surface area contributed by atoms with Crippen molar-refractivity contribution in [1.82, 2.24) is 0 Å². The van der Waals surface area contributed by atoms with Crippen molar-refractivity contribution in [1.29, 1.82) is 0 Å². The molecule has 3 heteroatoms. The number of carboxylic acid groups (broad SMARTS) is 1. The number of hydrogen-bond donors (Lipinski definition) is 2. The molecule has 0 saturated heterocycles. The molecule has 0 amide bonds. The minimum Gasteiger partial charge on any atom is -0.481 e. The normalized spacial score (nSPS) is 45.1. The van der Waals surface area contributed by atoms with E-state index in [1.807, 2.05) is 0 Å². The Kier molecular flexibility index (Phi) is 1.65. The Hall–Kier alpha value is -0.570. The van der Waals surface area contributed by atoms with E-state index in [1.165, 1.54) is 12.8 Å². The first kappa shape index (κ1) is 8.05. The molecule has 2 aliphatic carbocycles. The molecule has 2 saturated carbocycles. The lowest BCUT2D eigenvalue weighted by Crippen LogP contribution is -2.59. The third-order valence-corrected chi connectivity index (χ3v) is 3.52. The Morgan fingerprint density at radius 2 is 2.33 bits per heavy atom. The number of hydrogen-bond acceptors (Lipinski definition) is 2. The van der Waals surface area contributed by atoms with Gasteiger partial charge in [0.25, 0.3) is 0 Å². The molecule has 3 atom stereocenters. The highest BCUT2D eigenvalue weighted by molar-refractivity contribution is 5.68. The zero-order valence-corrected chi connectivity index (χ0v) is 7.12. The van der Waals surface area contributed by atoms with E-state index in [0.29, 0.717) is 5.92 Å². The van der Waals surface area contributed by atoms with Gasteiger partial charge < -0.3 is 10.8 Å². The van der Waals surface area contributed by atoms with Crippen LogP contribution in [0.5, 0.6) is 0 Å². The van der Waals surface area contributed by atoms with Crippen molar-refractivity contribution in [3.63, 3.8) is 0 Å². The van der Waals surface area contributed by atoms with Crippen LogP contribution >= 0.6 is 0 Å². The summed E-state index contributed by atoms with van der Waals surface area (Å²) in [6.45, 7) is 0. The zero-order chi connectivity index (χ0) is 8.77. The fourth-order valence-electron chi connectivity index (χ4n) is 3.00. The van der Waals surface area contributed by atoms with E-state index in [4.69, 9.17) is 10.8 Å². The Balaban J connectivity index is 2.00. The summed E-state index contributed by atoms with van der Waals surface area (Å²) in [5.74, 6) is 0.505. The van der Waals surface area contributed by atoms with Gasteiger partial charge in [0.1, 0.15) is 0 Å². The van der Waals surface area contributed by atoms with E-state index in [0.717, 1.165) is 18.8 Å². The molecule has 3 nitrogen and oxygen atoms in total. The predicted molar refractivity (Wildman–Crippen MR) is 44.6 cm³/mol. The Bertz CT molecular complexity index is 217. The first-order chi connectivity index (χ1) is 5.62. The highest BCUT2D eigenvalue weighted by Crippen LogP contribution is 2.53. The minimum absolute atomic E-state index is 0.161. The SMILES string of the molecule is NC1(CC(=O)O)C[C@H]2CCC[C@H]21. The molecule has 2 rings (SSSR count). The monoisotopic (exact) mass is 169 g/mol. The van der Waals surface area contributed by atoms with Crippen molar-refractivity contribution in [3.8, 4) is 0 Å². The number of fused-ring (bicyclic) bond motifs is 1. The fourth-order valence-corrected chi connectivity index (χ4v) is 3.00. The predicted octanol–water partition coefficient (Wildman–Crippen LogP) is 0.979. The van der Waals surface area contributed by atoms with Crippen LogP contribution in [0, 0.1) is 11.8 Å². The van der Waals surface area contributed by atoms with Crippen LogP contribution < -0.4 is 5.73 Å². The van der Waals surface area contributed by atoms with E-state index in [-0.39, 0.29) is 12.0 Å². The zero-order valence-electron chi connectivity index (χ0n) is 7.12. The van der Waals surface area contributed by atoms with Gasteiger partial charge in [-0.2, -0.15) is 0 Å². The van der Waals surface area contributed by atoms with Gasteiger partial charge in [0.15, 0.2) is 0 Å². The molecule has 0 bridgehead atoms. The van der Waals surface area contributed by atoms with E-state index in [1.54, 1.807) is 0 Å². The summed E-state index contributed by atoms with van der Waals surface area (Å²) in [5, 5.41) is 8.65. The number of rotatable bonds is 2. The summed E-state index contributed by atoms with van der Waals surface area (Å²) in [4.78, 5) is 10.5. The topological polar surface area (TPSA) is 63.3 Å². The highest BCUT2D eigenvalue weighted by atomic mass is 16.4. The van der Waals surface area contributed by atoms with Crippen LogP contribution in [0.4, 0.5) is 0 Å². The van der Waals surface area contributed by atoms with Gasteiger partial charge in [-0.25, -0.2) is 0 Å². The number of aliphatic carboxylic acids is 1. The van der Waals surface area contributed by atoms with Gasteiger partial charge in [0.2, 0.25) is 0 Å². The smallest absolute Gasteiger partial charge is 0.305 e. The van der Waals surface area contributed by atoms with Crippen LogP contribution in [0.3, 0.4) is 0 Å². The third kappa shape index (κ3) is 1.04. The molecule has 0 aromatic rings. The van der Waals surface area contributed by atoms with Gasteiger partial charge in [0.05, 0.1) is 6.42 Å². The average molecular weight is 169 g/mol. The third-order valence-electron chi connectivity index (χ3n) is 3.52. The minimum atomic E-state index is -0.747. The highest BCUT2D eigenvalue weighted by Gasteiger charge is 2.53. The molecule has 2 aliphatic rings. The van der Waals surface area contributed by atoms with Crippen molar-refractivity contribution in [2.24, 2.45) is 17.6 Å². The summed E-state index contributed by atoms with van der Waals surface area (Å²) in [5.41, 5.74) is 5.65. The maximum Gasteiger partial charge on any atom is 0.305 e. The summed E-state index contributed by atoms with van der Waals surface area (Å²) in [6.07, 6.45) is 4.75. The van der Waals surface area contributed by atoms with E-state index in [9.17, 15) is 4.79 Å². The summed E-state index contributed by atoms with van der Waals surface area (Å²) in [7, 11) is 0. The molecule has 2 fully saturated rings. The second-order valence-corrected chi connectivity index (χ2v) is 4.31. The van der Waals surface area contributed by atoms with Crippen LogP contribution in [0.25, 0.3) is 0 Å². The molecular weight excluding hydrogens is 154 g/mol. The van der Waals surface area contributed by atoms with Crippen LogP contribution in [-0.2, 0) is 4.79 Å². The number of carbonyl (C=O) groups is 1. The van der Waals surface area contributed by atoms with E-state index >= 15 is 0 Å². The van der Waals surface area contributed by atoms with E-state index < -0.39 is 5.97 Å². The molecule has 12 heavy (non-hydrogen) atoms. The van der Waals surface area contributed by atoms with Gasteiger partial charge in [-0.15, -0.1) is 0 Å². The molecule has 68 valence electrons. The fraction of sp³-hybridized carbons (Fsp3) is 0.889. The number of carboxylic acids is 1. The molecule has 0 aromatic heterocycles. The van der Waals surface area contributed by atoms with Gasteiger partial charge in [0, 0.05) is 5.54 Å². The molecule has 0 aromatic carbocycles. The summed E-state index contributed by atoms with van der Waals surface area (Å²) in [6, 6.07) is 0.